The molecule has 20 heavy (non-hydrogen) atoms. The molecule has 3 unspecified atom stereocenters. The Bertz CT molecular complexity index is 364. The van der Waals surface area contributed by atoms with Crippen LogP contribution < -0.4 is 16.4 Å². The Morgan fingerprint density at radius 2 is 1.75 bits per heavy atom. The molecule has 0 rings (SSSR count). The highest BCUT2D eigenvalue weighted by Crippen LogP contribution is 2.03. The number of carboxylic acids is 1. The molecule has 0 aromatic carbocycles. The van der Waals surface area contributed by atoms with Crippen LogP contribution in [-0.4, -0.2) is 58.5 Å². The maximum Gasteiger partial charge on any atom is 0.328 e. The second kappa shape index (κ2) is 8.77. The van der Waals surface area contributed by atoms with E-state index in [2.05, 4.69) is 23.3 Å². The van der Waals surface area contributed by atoms with Crippen LogP contribution >= 0.6 is 12.6 Å². The summed E-state index contributed by atoms with van der Waals surface area (Å²) in [6, 6.07) is -3.22. The normalized spacial score (nSPS) is 15.3. The highest BCUT2D eigenvalue weighted by molar-refractivity contribution is 7.80. The molecule has 8 nitrogen and oxygen atoms in total. The monoisotopic (exact) mass is 307 g/mol. The Hall–Kier alpha value is -1.32. The van der Waals surface area contributed by atoms with Gasteiger partial charge in [0, 0.05) is 5.75 Å². The van der Waals surface area contributed by atoms with Crippen molar-refractivity contribution in [2.24, 2.45) is 11.7 Å². The van der Waals surface area contributed by atoms with Crippen LogP contribution in [-0.2, 0) is 14.4 Å². The number of rotatable bonds is 8. The predicted octanol–water partition coefficient (Wildman–Crippen LogP) is -2.05. The third-order valence-electron chi connectivity index (χ3n) is 2.58. The van der Waals surface area contributed by atoms with Crippen molar-refractivity contribution in [2.45, 2.75) is 32.0 Å². The molecule has 3 atom stereocenters. The van der Waals surface area contributed by atoms with Crippen molar-refractivity contribution in [1.29, 1.82) is 0 Å². The lowest BCUT2D eigenvalue weighted by Gasteiger charge is -2.24. The zero-order valence-corrected chi connectivity index (χ0v) is 12.3. The molecule has 0 radical (unpaired) electrons. The highest BCUT2D eigenvalue weighted by atomic mass is 32.1. The van der Waals surface area contributed by atoms with E-state index in [0.29, 0.717) is 0 Å². The van der Waals surface area contributed by atoms with Crippen molar-refractivity contribution in [3.8, 4) is 0 Å². The number of aliphatic hydroxyl groups is 1. The second-order valence-corrected chi connectivity index (χ2v) is 4.97. The van der Waals surface area contributed by atoms with Gasteiger partial charge < -0.3 is 26.6 Å². The molecule has 0 bridgehead atoms. The number of aliphatic carboxylic acids is 1. The molecule has 0 aliphatic rings. The molecule has 0 spiro atoms. The number of carboxylic acid groups (broad SMARTS) is 1. The summed E-state index contributed by atoms with van der Waals surface area (Å²) < 4.78 is 0. The average molecular weight is 307 g/mol. The number of nitrogens with one attached hydrogen (secondary N) is 2. The van der Waals surface area contributed by atoms with Gasteiger partial charge in [0.05, 0.1) is 12.6 Å². The SMILES string of the molecule is CC(C)C(NC(=O)C(N)CS)C(=O)NC(CO)C(=O)O. The standard InChI is InChI=1S/C11H21N3O5S/c1-5(2)8(14-9(16)6(12)4-20)10(17)13-7(3-15)11(18)19/h5-8,15,20H,3-4,12H2,1-2H3,(H,13,17)(H,14,16)(H,18,19). The van der Waals surface area contributed by atoms with Crippen LogP contribution in [0.25, 0.3) is 0 Å². The summed E-state index contributed by atoms with van der Waals surface area (Å²) in [6.45, 7) is 2.63. The van der Waals surface area contributed by atoms with Gasteiger partial charge in [-0.25, -0.2) is 4.79 Å². The topological polar surface area (TPSA) is 142 Å². The molecule has 9 heteroatoms. The van der Waals surface area contributed by atoms with Crippen LogP contribution in [0, 0.1) is 5.92 Å². The smallest absolute Gasteiger partial charge is 0.328 e. The Labute approximate surface area is 122 Å². The van der Waals surface area contributed by atoms with Gasteiger partial charge in [-0.1, -0.05) is 13.8 Å². The van der Waals surface area contributed by atoms with Gasteiger partial charge in [-0.05, 0) is 5.92 Å². The molecule has 0 aromatic heterocycles. The molecule has 116 valence electrons. The average Bonchev–Trinajstić information content (AvgIpc) is 2.39. The van der Waals surface area contributed by atoms with Gasteiger partial charge in [-0.2, -0.15) is 12.6 Å². The third kappa shape index (κ3) is 5.76. The third-order valence-corrected chi connectivity index (χ3v) is 2.97. The Morgan fingerprint density at radius 1 is 1.20 bits per heavy atom. The fourth-order valence-corrected chi connectivity index (χ4v) is 1.49. The molecule has 0 aromatic rings. The van der Waals surface area contributed by atoms with E-state index in [9.17, 15) is 14.4 Å². The van der Waals surface area contributed by atoms with Crippen molar-refractivity contribution in [2.75, 3.05) is 12.4 Å². The molecule has 0 saturated heterocycles. The number of hydrogen-bond donors (Lipinski definition) is 6. The number of thiol groups is 1. The molecular weight excluding hydrogens is 286 g/mol. The summed E-state index contributed by atoms with van der Waals surface area (Å²) in [7, 11) is 0. The van der Waals surface area contributed by atoms with Crippen LogP contribution in [0.5, 0.6) is 0 Å². The maximum atomic E-state index is 11.9. The van der Waals surface area contributed by atoms with Crippen molar-refractivity contribution >= 4 is 30.4 Å². The summed E-state index contributed by atoms with van der Waals surface area (Å²) >= 11 is 3.88. The van der Waals surface area contributed by atoms with Crippen LogP contribution in [0.15, 0.2) is 0 Å². The van der Waals surface area contributed by atoms with Crippen LogP contribution in [0.2, 0.25) is 0 Å². The van der Waals surface area contributed by atoms with Gasteiger partial charge in [-0.15, -0.1) is 0 Å². The van der Waals surface area contributed by atoms with E-state index in [-0.39, 0.29) is 11.7 Å². The lowest BCUT2D eigenvalue weighted by atomic mass is 10.0. The number of amides is 2. The number of hydrogen-bond acceptors (Lipinski definition) is 6. The van der Waals surface area contributed by atoms with Crippen molar-refractivity contribution < 1.29 is 24.6 Å². The summed E-state index contributed by atoms with van der Waals surface area (Å²) in [6.07, 6.45) is 0. The largest absolute Gasteiger partial charge is 0.480 e. The predicted molar refractivity (Wildman–Crippen MR) is 75.2 cm³/mol. The van der Waals surface area contributed by atoms with E-state index in [1.165, 1.54) is 0 Å². The van der Waals surface area contributed by atoms with Crippen molar-refractivity contribution in [1.82, 2.24) is 10.6 Å². The minimum Gasteiger partial charge on any atom is -0.480 e. The lowest BCUT2D eigenvalue weighted by molar-refractivity contribution is -0.143. The zero-order chi connectivity index (χ0) is 15.9. The second-order valence-electron chi connectivity index (χ2n) is 4.60. The fraction of sp³-hybridized carbons (Fsp3) is 0.727. The summed E-state index contributed by atoms with van der Waals surface area (Å²) in [4.78, 5) is 34.3. The lowest BCUT2D eigenvalue weighted by Crippen LogP contribution is -2.57. The molecule has 0 aliphatic carbocycles. The van der Waals surface area contributed by atoms with Gasteiger partial charge in [0.15, 0.2) is 0 Å². The van der Waals surface area contributed by atoms with Gasteiger partial charge in [0.25, 0.3) is 0 Å². The first-order chi connectivity index (χ1) is 9.24. The first kappa shape index (κ1) is 18.7. The minimum atomic E-state index is -1.42. The molecule has 2 amide bonds. The van der Waals surface area contributed by atoms with E-state index in [4.69, 9.17) is 15.9 Å². The Morgan fingerprint density at radius 3 is 2.10 bits per heavy atom. The van der Waals surface area contributed by atoms with E-state index >= 15 is 0 Å². The number of aliphatic hydroxyl groups excluding tert-OH is 1. The number of nitrogens with two attached hydrogens (primary N) is 1. The molecule has 0 saturated carbocycles. The first-order valence-corrected chi connectivity index (χ1v) is 6.68. The van der Waals surface area contributed by atoms with Crippen LogP contribution in [0.1, 0.15) is 13.8 Å². The van der Waals surface area contributed by atoms with Gasteiger partial charge in [0.2, 0.25) is 11.8 Å². The van der Waals surface area contributed by atoms with E-state index in [0.717, 1.165) is 0 Å². The number of carbonyl (C=O) groups is 3. The Balaban J connectivity index is 4.79. The fourth-order valence-electron chi connectivity index (χ4n) is 1.33. The van der Waals surface area contributed by atoms with E-state index < -0.39 is 42.5 Å². The zero-order valence-electron chi connectivity index (χ0n) is 11.4. The molecule has 0 aliphatic heterocycles. The van der Waals surface area contributed by atoms with Crippen molar-refractivity contribution in [3.05, 3.63) is 0 Å². The van der Waals surface area contributed by atoms with Gasteiger partial charge in [-0.3, -0.25) is 9.59 Å². The van der Waals surface area contributed by atoms with E-state index in [1.54, 1.807) is 13.8 Å². The molecular formula is C11H21N3O5S. The molecule has 0 fully saturated rings. The number of carbonyl (C=O) groups excluding carboxylic acids is 2. The summed E-state index contributed by atoms with van der Waals surface area (Å²) in [5.41, 5.74) is 5.49. The Kier molecular flexibility index (Phi) is 8.19. The van der Waals surface area contributed by atoms with Crippen LogP contribution in [0.3, 0.4) is 0 Å². The molecule has 6 N–H and O–H groups in total. The van der Waals surface area contributed by atoms with Gasteiger partial charge >= 0.3 is 5.97 Å². The summed E-state index contributed by atoms with van der Waals surface area (Å²) in [5, 5.41) is 22.2. The van der Waals surface area contributed by atoms with Crippen LogP contribution in [0.4, 0.5) is 0 Å². The first-order valence-electron chi connectivity index (χ1n) is 6.05. The quantitative estimate of drug-likeness (QED) is 0.285. The summed E-state index contributed by atoms with van der Waals surface area (Å²) in [5.74, 6) is -2.76. The van der Waals surface area contributed by atoms with Crippen molar-refractivity contribution in [3.63, 3.8) is 0 Å². The van der Waals surface area contributed by atoms with E-state index in [1.807, 2.05) is 0 Å². The minimum absolute atomic E-state index is 0.118. The van der Waals surface area contributed by atoms with Gasteiger partial charge in [0.1, 0.15) is 12.1 Å². The highest BCUT2D eigenvalue weighted by Gasteiger charge is 2.29. The maximum absolute atomic E-state index is 11.9. The molecule has 0 heterocycles.